The van der Waals surface area contributed by atoms with Gasteiger partial charge >= 0.3 is 0 Å². The molecule has 2 aliphatic rings. The number of carbonyl (C=O) groups is 1. The van der Waals surface area contributed by atoms with E-state index in [2.05, 4.69) is 20.8 Å². The lowest BCUT2D eigenvalue weighted by molar-refractivity contribution is -0.126. The van der Waals surface area contributed by atoms with E-state index in [1.165, 1.54) is 38.5 Å². The van der Waals surface area contributed by atoms with Gasteiger partial charge in [-0.1, -0.05) is 40.0 Å². The monoisotopic (exact) mass is 250 g/mol. The Hall–Kier alpha value is -0.330. The molecule has 0 amide bonds. The topological polar surface area (TPSA) is 17.1 Å². The van der Waals surface area contributed by atoms with Crippen LogP contribution in [-0.4, -0.2) is 5.78 Å². The Morgan fingerprint density at radius 3 is 2.61 bits per heavy atom. The molecule has 18 heavy (non-hydrogen) atoms. The molecule has 0 saturated heterocycles. The largest absolute Gasteiger partial charge is 0.299 e. The molecule has 0 radical (unpaired) electrons. The highest BCUT2D eigenvalue weighted by atomic mass is 16.1. The first-order valence-electron chi connectivity index (χ1n) is 8.12. The minimum Gasteiger partial charge on any atom is -0.299 e. The number of carbonyl (C=O) groups excluding carboxylic acids is 1. The van der Waals surface area contributed by atoms with Crippen LogP contribution in [0.5, 0.6) is 0 Å². The Bertz CT molecular complexity index is 281. The highest BCUT2D eigenvalue weighted by Crippen LogP contribution is 2.48. The molecular weight excluding hydrogens is 220 g/mol. The van der Waals surface area contributed by atoms with E-state index in [1.54, 1.807) is 0 Å². The first-order valence-corrected chi connectivity index (χ1v) is 8.12. The van der Waals surface area contributed by atoms with Crippen molar-refractivity contribution in [3.05, 3.63) is 0 Å². The zero-order valence-corrected chi connectivity index (χ0v) is 12.5. The zero-order valence-electron chi connectivity index (χ0n) is 12.5. The second kappa shape index (κ2) is 6.21. The summed E-state index contributed by atoms with van der Waals surface area (Å²) in [7, 11) is 0. The second-order valence-electron chi connectivity index (χ2n) is 7.17. The maximum atomic E-state index is 11.9. The van der Waals surface area contributed by atoms with E-state index in [-0.39, 0.29) is 0 Å². The molecule has 0 N–H and O–H groups in total. The van der Waals surface area contributed by atoms with Crippen molar-refractivity contribution in [2.24, 2.45) is 29.6 Å². The quantitative estimate of drug-likeness (QED) is 0.682. The predicted molar refractivity (Wildman–Crippen MR) is 76.4 cm³/mol. The van der Waals surface area contributed by atoms with Gasteiger partial charge in [-0.25, -0.2) is 0 Å². The summed E-state index contributed by atoms with van der Waals surface area (Å²) in [5, 5.41) is 0. The van der Waals surface area contributed by atoms with Gasteiger partial charge in [0.15, 0.2) is 0 Å². The van der Waals surface area contributed by atoms with Crippen molar-refractivity contribution in [3.8, 4) is 0 Å². The highest BCUT2D eigenvalue weighted by Gasteiger charge is 2.43. The van der Waals surface area contributed by atoms with Gasteiger partial charge in [0, 0.05) is 12.3 Å². The van der Waals surface area contributed by atoms with Gasteiger partial charge in [0.05, 0.1) is 0 Å². The van der Waals surface area contributed by atoms with E-state index in [4.69, 9.17) is 0 Å². The van der Waals surface area contributed by atoms with Gasteiger partial charge in [0.25, 0.3) is 0 Å². The summed E-state index contributed by atoms with van der Waals surface area (Å²) < 4.78 is 0. The van der Waals surface area contributed by atoms with Crippen LogP contribution in [0.3, 0.4) is 0 Å². The maximum absolute atomic E-state index is 11.9. The van der Waals surface area contributed by atoms with E-state index < -0.39 is 0 Å². The number of hydrogen-bond acceptors (Lipinski definition) is 1. The van der Waals surface area contributed by atoms with Crippen LogP contribution in [0.15, 0.2) is 0 Å². The second-order valence-corrected chi connectivity index (χ2v) is 7.17. The Labute approximate surface area is 113 Å². The third kappa shape index (κ3) is 3.16. The number of hydrogen-bond donors (Lipinski definition) is 0. The van der Waals surface area contributed by atoms with Crippen LogP contribution in [0.4, 0.5) is 0 Å². The van der Waals surface area contributed by atoms with Crippen LogP contribution < -0.4 is 0 Å². The average molecular weight is 250 g/mol. The van der Waals surface area contributed by atoms with Crippen LogP contribution in [0, 0.1) is 29.6 Å². The lowest BCUT2D eigenvalue weighted by atomic mass is 9.73. The van der Waals surface area contributed by atoms with Crippen molar-refractivity contribution < 1.29 is 4.79 Å². The number of Topliss-reactive ketones (excluding diaryl/α,β-unsaturated/α-hetero) is 1. The third-order valence-electron chi connectivity index (χ3n) is 5.42. The zero-order chi connectivity index (χ0) is 13.1. The van der Waals surface area contributed by atoms with Crippen LogP contribution in [0.25, 0.3) is 0 Å². The smallest absolute Gasteiger partial charge is 0.136 e. The van der Waals surface area contributed by atoms with Gasteiger partial charge in [0.1, 0.15) is 5.78 Å². The van der Waals surface area contributed by atoms with Gasteiger partial charge in [-0.2, -0.15) is 0 Å². The Kier molecular flexibility index (Phi) is 4.86. The molecule has 2 rings (SSSR count). The van der Waals surface area contributed by atoms with Gasteiger partial charge in [0.2, 0.25) is 0 Å². The molecule has 1 heteroatoms. The first-order chi connectivity index (χ1) is 8.59. The number of fused-ring (bicyclic) bond motifs is 1. The fourth-order valence-electron chi connectivity index (χ4n) is 4.38. The highest BCUT2D eigenvalue weighted by molar-refractivity contribution is 5.82. The van der Waals surface area contributed by atoms with E-state index in [1.807, 2.05) is 0 Å². The van der Waals surface area contributed by atoms with Gasteiger partial charge in [-0.15, -0.1) is 0 Å². The van der Waals surface area contributed by atoms with Crippen LogP contribution in [-0.2, 0) is 4.79 Å². The molecule has 0 aliphatic heterocycles. The minimum absolute atomic E-state index is 0.455. The van der Waals surface area contributed by atoms with Gasteiger partial charge in [-0.3, -0.25) is 4.79 Å². The van der Waals surface area contributed by atoms with Gasteiger partial charge in [-0.05, 0) is 49.4 Å². The Balaban J connectivity index is 1.83. The molecule has 104 valence electrons. The van der Waals surface area contributed by atoms with Gasteiger partial charge < -0.3 is 0 Å². The summed E-state index contributed by atoms with van der Waals surface area (Å²) in [5.74, 6) is 4.32. The van der Waals surface area contributed by atoms with E-state index in [0.29, 0.717) is 11.7 Å². The molecule has 0 heterocycles. The Morgan fingerprint density at radius 2 is 1.89 bits per heavy atom. The van der Waals surface area contributed by atoms with Crippen molar-refractivity contribution in [1.82, 2.24) is 0 Å². The summed E-state index contributed by atoms with van der Waals surface area (Å²) in [6.07, 6.45) is 10.00. The fourth-order valence-corrected chi connectivity index (χ4v) is 4.38. The van der Waals surface area contributed by atoms with Crippen molar-refractivity contribution in [2.45, 2.75) is 72.1 Å². The molecule has 1 nitrogen and oxygen atoms in total. The maximum Gasteiger partial charge on any atom is 0.136 e. The SMILES string of the molecule is CC(C)CCC[C@@H](C)[C@H]1CC[C@H]2C(=O)CCC[C@H]12. The lowest BCUT2D eigenvalue weighted by Crippen LogP contribution is -2.29. The molecule has 4 atom stereocenters. The van der Waals surface area contributed by atoms with Crippen LogP contribution >= 0.6 is 0 Å². The summed E-state index contributed by atoms with van der Waals surface area (Å²) in [6, 6.07) is 0. The molecule has 0 bridgehead atoms. The average Bonchev–Trinajstić information content (AvgIpc) is 2.73. The third-order valence-corrected chi connectivity index (χ3v) is 5.42. The van der Waals surface area contributed by atoms with E-state index >= 15 is 0 Å². The fraction of sp³-hybridized carbons (Fsp3) is 0.941. The normalized spacial score (nSPS) is 33.8. The van der Waals surface area contributed by atoms with E-state index in [0.717, 1.165) is 36.5 Å². The molecule has 0 spiro atoms. The van der Waals surface area contributed by atoms with Crippen molar-refractivity contribution in [2.75, 3.05) is 0 Å². The molecule has 2 aliphatic carbocycles. The molecule has 0 aromatic carbocycles. The molecule has 2 saturated carbocycles. The standard InChI is InChI=1S/C17H30O/c1-12(2)6-4-7-13(3)14-10-11-16-15(14)8-5-9-17(16)18/h12-16H,4-11H2,1-3H3/t13-,14-,15-,16-/m1/s1. The summed E-state index contributed by atoms with van der Waals surface area (Å²) >= 11 is 0. The lowest BCUT2D eigenvalue weighted by Gasteiger charge is -2.31. The summed E-state index contributed by atoms with van der Waals surface area (Å²) in [4.78, 5) is 11.9. The van der Waals surface area contributed by atoms with E-state index in [9.17, 15) is 4.79 Å². The minimum atomic E-state index is 0.455. The van der Waals surface area contributed by atoms with Crippen molar-refractivity contribution >= 4 is 5.78 Å². The molecule has 0 unspecified atom stereocenters. The summed E-state index contributed by atoms with van der Waals surface area (Å²) in [6.45, 7) is 7.07. The Morgan fingerprint density at radius 1 is 1.11 bits per heavy atom. The van der Waals surface area contributed by atoms with Crippen molar-refractivity contribution in [3.63, 3.8) is 0 Å². The molecular formula is C17H30O. The van der Waals surface area contributed by atoms with Crippen molar-refractivity contribution in [1.29, 1.82) is 0 Å². The van der Waals surface area contributed by atoms with Crippen LogP contribution in [0.2, 0.25) is 0 Å². The molecule has 0 aromatic rings. The number of ketones is 1. The van der Waals surface area contributed by atoms with Crippen LogP contribution in [0.1, 0.15) is 72.1 Å². The predicted octanol–water partition coefficient (Wildman–Crippen LogP) is 4.84. The number of rotatable bonds is 5. The summed E-state index contributed by atoms with van der Waals surface area (Å²) in [5.41, 5.74) is 0. The molecule has 2 fully saturated rings. The first kappa shape index (κ1) is 14.1. The molecule has 0 aromatic heterocycles.